The van der Waals surface area contributed by atoms with Crippen LogP contribution < -0.4 is 9.47 Å². The molecular formula is C22H19N3O4. The molecule has 7 nitrogen and oxygen atoms in total. The number of nitrogens with zero attached hydrogens (tertiary/aromatic N) is 3. The fourth-order valence-corrected chi connectivity index (χ4v) is 3.44. The van der Waals surface area contributed by atoms with Crippen LogP contribution in [0.1, 0.15) is 5.56 Å². The van der Waals surface area contributed by atoms with E-state index in [2.05, 4.69) is 4.98 Å². The Morgan fingerprint density at radius 3 is 2.62 bits per heavy atom. The highest BCUT2D eigenvalue weighted by Crippen LogP contribution is 2.36. The number of fused-ring (bicyclic) bond motifs is 1. The van der Waals surface area contributed by atoms with Gasteiger partial charge in [-0.1, -0.05) is 18.2 Å². The number of pyridine rings is 1. The molecule has 4 rings (SSSR count). The number of hydrogen-bond donors (Lipinski definition) is 0. The fraction of sp³-hybridized carbons (Fsp3) is 0.136. The van der Waals surface area contributed by atoms with Crippen LogP contribution in [0.4, 0.5) is 5.69 Å². The Bertz CT molecular complexity index is 1200. The smallest absolute Gasteiger partial charge is 0.269 e. The zero-order valence-electron chi connectivity index (χ0n) is 16.0. The predicted octanol–water partition coefficient (Wildman–Crippen LogP) is 4.68. The Hall–Kier alpha value is -3.87. The third kappa shape index (κ3) is 3.50. The summed E-state index contributed by atoms with van der Waals surface area (Å²) in [7, 11) is 3.21. The van der Waals surface area contributed by atoms with E-state index < -0.39 is 0 Å². The van der Waals surface area contributed by atoms with Crippen molar-refractivity contribution >= 4 is 16.7 Å². The average molecular weight is 389 g/mol. The van der Waals surface area contributed by atoms with Crippen molar-refractivity contribution in [3.05, 3.63) is 82.7 Å². The van der Waals surface area contributed by atoms with Gasteiger partial charge in [-0.3, -0.25) is 10.1 Å². The molecule has 0 amide bonds. The van der Waals surface area contributed by atoms with Gasteiger partial charge in [-0.2, -0.15) is 0 Å². The van der Waals surface area contributed by atoms with Gasteiger partial charge in [0.1, 0.15) is 5.65 Å². The first-order valence-electron chi connectivity index (χ1n) is 9.00. The second kappa shape index (κ2) is 7.63. The zero-order chi connectivity index (χ0) is 20.4. The van der Waals surface area contributed by atoms with Gasteiger partial charge in [-0.15, -0.1) is 0 Å². The normalized spacial score (nSPS) is 10.8. The second-order valence-corrected chi connectivity index (χ2v) is 6.54. The van der Waals surface area contributed by atoms with Crippen molar-refractivity contribution in [1.29, 1.82) is 0 Å². The maximum atomic E-state index is 11.1. The molecule has 29 heavy (non-hydrogen) atoms. The van der Waals surface area contributed by atoms with Crippen LogP contribution in [-0.2, 0) is 6.54 Å². The number of benzene rings is 2. The quantitative estimate of drug-likeness (QED) is 0.353. The standard InChI is InChI=1S/C22H19N3O4/c1-28-20-9-8-16(12-21(20)29-2)19-14-24(22-18(19)7-4-10-23-22)13-15-5-3-6-17(11-15)25(26)27/h3-12,14H,13H2,1-2H3. The first-order chi connectivity index (χ1) is 14.1. The number of nitro benzene ring substituents is 1. The molecule has 0 atom stereocenters. The lowest BCUT2D eigenvalue weighted by Gasteiger charge is -2.09. The average Bonchev–Trinajstić information content (AvgIpc) is 3.12. The Balaban J connectivity index is 1.80. The summed E-state index contributed by atoms with van der Waals surface area (Å²) in [4.78, 5) is 15.2. The topological polar surface area (TPSA) is 79.4 Å². The van der Waals surface area contributed by atoms with Crippen molar-refractivity contribution < 1.29 is 14.4 Å². The molecule has 4 aromatic rings. The van der Waals surface area contributed by atoms with E-state index >= 15 is 0 Å². The number of methoxy groups -OCH3 is 2. The molecule has 0 N–H and O–H groups in total. The van der Waals surface area contributed by atoms with Crippen LogP contribution in [0.3, 0.4) is 0 Å². The summed E-state index contributed by atoms with van der Waals surface area (Å²) in [6, 6.07) is 16.3. The van der Waals surface area contributed by atoms with Crippen molar-refractivity contribution in [3.63, 3.8) is 0 Å². The second-order valence-electron chi connectivity index (χ2n) is 6.54. The summed E-state index contributed by atoms with van der Waals surface area (Å²) < 4.78 is 12.8. The van der Waals surface area contributed by atoms with Gasteiger partial charge < -0.3 is 14.0 Å². The molecule has 2 aromatic carbocycles. The number of nitro groups is 1. The Morgan fingerprint density at radius 1 is 1.03 bits per heavy atom. The summed E-state index contributed by atoms with van der Waals surface area (Å²) in [5.74, 6) is 1.31. The van der Waals surface area contributed by atoms with Gasteiger partial charge in [0.2, 0.25) is 0 Å². The molecule has 0 aliphatic heterocycles. The summed E-state index contributed by atoms with van der Waals surface area (Å²) in [5, 5.41) is 12.1. The minimum atomic E-state index is -0.384. The molecule has 2 heterocycles. The third-order valence-electron chi connectivity index (χ3n) is 4.80. The minimum Gasteiger partial charge on any atom is -0.493 e. The molecule has 0 bridgehead atoms. The largest absolute Gasteiger partial charge is 0.493 e. The van der Waals surface area contributed by atoms with Gasteiger partial charge in [0.15, 0.2) is 11.5 Å². The van der Waals surface area contributed by atoms with Gasteiger partial charge in [-0.05, 0) is 35.4 Å². The maximum Gasteiger partial charge on any atom is 0.269 e. The molecule has 0 unspecified atom stereocenters. The summed E-state index contributed by atoms with van der Waals surface area (Å²) in [6.07, 6.45) is 3.75. The number of ether oxygens (including phenoxy) is 2. The molecule has 146 valence electrons. The lowest BCUT2D eigenvalue weighted by molar-refractivity contribution is -0.384. The van der Waals surface area contributed by atoms with E-state index in [1.165, 1.54) is 6.07 Å². The van der Waals surface area contributed by atoms with E-state index in [4.69, 9.17) is 9.47 Å². The van der Waals surface area contributed by atoms with Crippen molar-refractivity contribution in [2.24, 2.45) is 0 Å². The van der Waals surface area contributed by atoms with Crippen molar-refractivity contribution in [1.82, 2.24) is 9.55 Å². The SMILES string of the molecule is COc1ccc(-c2cn(Cc3cccc([N+](=O)[O-])c3)c3ncccc23)cc1OC. The van der Waals surface area contributed by atoms with Crippen molar-refractivity contribution in [2.45, 2.75) is 6.54 Å². The molecule has 0 spiro atoms. The van der Waals surface area contributed by atoms with Gasteiger partial charge >= 0.3 is 0 Å². The lowest BCUT2D eigenvalue weighted by atomic mass is 10.1. The monoisotopic (exact) mass is 389 g/mol. The predicted molar refractivity (Wildman–Crippen MR) is 110 cm³/mol. The molecular weight excluding hydrogens is 370 g/mol. The van der Waals surface area contributed by atoms with Crippen LogP contribution >= 0.6 is 0 Å². The first-order valence-corrected chi connectivity index (χ1v) is 9.00. The highest BCUT2D eigenvalue weighted by Gasteiger charge is 2.14. The van der Waals surface area contributed by atoms with Gasteiger partial charge in [-0.25, -0.2) is 4.98 Å². The highest BCUT2D eigenvalue weighted by molar-refractivity contribution is 5.94. The van der Waals surface area contributed by atoms with E-state index in [1.807, 2.05) is 47.2 Å². The molecule has 0 aliphatic carbocycles. The summed E-state index contributed by atoms with van der Waals surface area (Å²) >= 11 is 0. The zero-order valence-corrected chi connectivity index (χ0v) is 16.0. The van der Waals surface area contributed by atoms with E-state index in [1.54, 1.807) is 32.5 Å². The fourth-order valence-electron chi connectivity index (χ4n) is 3.44. The number of non-ortho nitro benzene ring substituents is 1. The molecule has 7 heteroatoms. The van der Waals surface area contributed by atoms with Crippen LogP contribution in [0.2, 0.25) is 0 Å². The first kappa shape index (κ1) is 18.5. The molecule has 2 aromatic heterocycles. The number of aromatic nitrogens is 2. The van der Waals surface area contributed by atoms with Crippen molar-refractivity contribution in [3.8, 4) is 22.6 Å². The Morgan fingerprint density at radius 2 is 1.86 bits per heavy atom. The third-order valence-corrected chi connectivity index (χ3v) is 4.80. The molecule has 0 saturated carbocycles. The number of rotatable bonds is 6. The Kier molecular flexibility index (Phi) is 4.87. The van der Waals surface area contributed by atoms with Crippen LogP contribution in [-0.4, -0.2) is 28.7 Å². The maximum absolute atomic E-state index is 11.1. The van der Waals surface area contributed by atoms with E-state index in [0.29, 0.717) is 18.0 Å². The van der Waals surface area contributed by atoms with Gasteiger partial charge in [0, 0.05) is 42.0 Å². The lowest BCUT2D eigenvalue weighted by Crippen LogP contribution is -2.00. The van der Waals surface area contributed by atoms with Crippen molar-refractivity contribution in [2.75, 3.05) is 14.2 Å². The Labute approximate surface area is 167 Å². The molecule has 0 aliphatic rings. The molecule has 0 radical (unpaired) electrons. The summed E-state index contributed by atoms with van der Waals surface area (Å²) in [5.41, 5.74) is 3.69. The van der Waals surface area contributed by atoms with Crippen LogP contribution in [0.5, 0.6) is 11.5 Å². The van der Waals surface area contributed by atoms with E-state index in [9.17, 15) is 10.1 Å². The van der Waals surface area contributed by atoms with Gasteiger partial charge in [0.25, 0.3) is 5.69 Å². The van der Waals surface area contributed by atoms with Gasteiger partial charge in [0.05, 0.1) is 19.1 Å². The van der Waals surface area contributed by atoms with E-state index in [-0.39, 0.29) is 10.6 Å². The molecule has 0 fully saturated rings. The highest BCUT2D eigenvalue weighted by atomic mass is 16.6. The number of hydrogen-bond acceptors (Lipinski definition) is 5. The van der Waals surface area contributed by atoms with E-state index in [0.717, 1.165) is 27.7 Å². The molecule has 0 saturated heterocycles. The van der Waals surface area contributed by atoms with Crippen LogP contribution in [0.15, 0.2) is 67.0 Å². The minimum absolute atomic E-state index is 0.0760. The van der Waals surface area contributed by atoms with Crippen LogP contribution in [0, 0.1) is 10.1 Å². The van der Waals surface area contributed by atoms with Crippen LogP contribution in [0.25, 0.3) is 22.2 Å². The summed E-state index contributed by atoms with van der Waals surface area (Å²) in [6.45, 7) is 0.475.